The van der Waals surface area contributed by atoms with Crippen molar-refractivity contribution in [3.8, 4) is 11.4 Å². The highest BCUT2D eigenvalue weighted by Crippen LogP contribution is 2.26. The van der Waals surface area contributed by atoms with E-state index in [0.29, 0.717) is 11.0 Å². The molecule has 3 aromatic rings. The smallest absolute Gasteiger partial charge is 0.330 e. The van der Waals surface area contributed by atoms with Gasteiger partial charge in [-0.2, -0.15) is 0 Å². The van der Waals surface area contributed by atoms with Crippen molar-refractivity contribution >= 4 is 27.1 Å². The van der Waals surface area contributed by atoms with Crippen molar-refractivity contribution in [3.05, 3.63) is 49.3 Å². The third kappa shape index (κ3) is 2.11. The molecule has 0 aliphatic rings. The predicted octanol–water partition coefficient (Wildman–Crippen LogP) is 2.00. The van der Waals surface area contributed by atoms with Gasteiger partial charge >= 0.3 is 5.69 Å². The first kappa shape index (κ1) is 13.7. The molecule has 21 heavy (non-hydrogen) atoms. The summed E-state index contributed by atoms with van der Waals surface area (Å²) in [5.74, 6) is -0.291. The van der Waals surface area contributed by atoms with E-state index in [0.717, 1.165) is 0 Å². The van der Waals surface area contributed by atoms with E-state index in [9.17, 15) is 14.0 Å². The molecule has 0 saturated heterocycles. The zero-order valence-electron chi connectivity index (χ0n) is 10.9. The molecule has 0 bridgehead atoms. The maximum absolute atomic E-state index is 14.1. The van der Waals surface area contributed by atoms with E-state index in [4.69, 9.17) is 0 Å². The van der Waals surface area contributed by atoms with Crippen molar-refractivity contribution in [2.24, 2.45) is 0 Å². The van der Waals surface area contributed by atoms with Crippen LogP contribution in [0, 0.1) is 5.82 Å². The number of aromatic amines is 2. The second kappa shape index (κ2) is 4.96. The van der Waals surface area contributed by atoms with Crippen molar-refractivity contribution in [1.29, 1.82) is 0 Å². The number of fused-ring (bicyclic) bond motifs is 1. The number of halogens is 2. The van der Waals surface area contributed by atoms with Crippen molar-refractivity contribution < 1.29 is 4.39 Å². The van der Waals surface area contributed by atoms with Crippen molar-refractivity contribution in [3.63, 3.8) is 0 Å². The molecule has 2 N–H and O–H groups in total. The van der Waals surface area contributed by atoms with Crippen LogP contribution in [0.5, 0.6) is 0 Å². The zero-order valence-corrected chi connectivity index (χ0v) is 12.5. The van der Waals surface area contributed by atoms with Gasteiger partial charge in [-0.05, 0) is 35.0 Å². The Labute approximate surface area is 125 Å². The highest BCUT2D eigenvalue weighted by Gasteiger charge is 2.16. The molecule has 8 heteroatoms. The minimum absolute atomic E-state index is 0.144. The maximum Gasteiger partial charge on any atom is 0.330 e. The van der Waals surface area contributed by atoms with Crippen LogP contribution in [0.3, 0.4) is 0 Å². The van der Waals surface area contributed by atoms with Crippen LogP contribution in [0.15, 0.2) is 32.3 Å². The highest BCUT2D eigenvalue weighted by molar-refractivity contribution is 9.10. The number of hydrogen-bond acceptors (Lipinski definition) is 3. The quantitative estimate of drug-likeness (QED) is 0.739. The molecule has 0 spiro atoms. The molecular weight excluding hydrogens is 343 g/mol. The molecule has 1 aromatic carbocycles. The Morgan fingerprint density at radius 1 is 1.33 bits per heavy atom. The third-order valence-corrected chi connectivity index (χ3v) is 3.77. The van der Waals surface area contributed by atoms with Crippen LogP contribution in [0.25, 0.3) is 22.6 Å². The molecule has 108 valence electrons. The molecule has 0 aliphatic heterocycles. The number of aryl methyl sites for hydroxylation is 1. The standard InChI is InChI=1S/C13H10BrFN4O2/c1-2-19-11-9(12(20)18-13(19)21)16-10(17-11)6-4-3-5-7(14)8(6)15/h3-5H,2H2,1H3,(H,16,17)(H,18,20,21). The summed E-state index contributed by atoms with van der Waals surface area (Å²) in [4.78, 5) is 32.7. The van der Waals surface area contributed by atoms with Crippen LogP contribution in [0.2, 0.25) is 0 Å². The summed E-state index contributed by atoms with van der Waals surface area (Å²) in [6.45, 7) is 2.10. The lowest BCUT2D eigenvalue weighted by Gasteiger charge is -2.00. The fraction of sp³-hybridized carbons (Fsp3) is 0.154. The molecule has 3 rings (SSSR count). The number of hydrogen-bond donors (Lipinski definition) is 2. The van der Waals surface area contributed by atoms with E-state index in [1.54, 1.807) is 25.1 Å². The molecule has 0 saturated carbocycles. The van der Waals surface area contributed by atoms with Gasteiger partial charge in [-0.3, -0.25) is 14.3 Å². The Morgan fingerprint density at radius 2 is 2.10 bits per heavy atom. The van der Waals surface area contributed by atoms with Crippen LogP contribution in [-0.2, 0) is 6.54 Å². The van der Waals surface area contributed by atoms with E-state index in [1.165, 1.54) is 4.57 Å². The first-order valence-electron chi connectivity index (χ1n) is 6.20. The van der Waals surface area contributed by atoms with Gasteiger partial charge in [-0.1, -0.05) is 6.07 Å². The van der Waals surface area contributed by atoms with E-state index >= 15 is 0 Å². The number of benzene rings is 1. The molecular formula is C13H10BrFN4O2. The molecule has 0 fully saturated rings. The first-order chi connectivity index (χ1) is 10.0. The van der Waals surface area contributed by atoms with Gasteiger partial charge in [0.2, 0.25) is 0 Å². The molecule has 2 aromatic heterocycles. The minimum atomic E-state index is -0.575. The normalized spacial score (nSPS) is 11.2. The van der Waals surface area contributed by atoms with Crippen molar-refractivity contribution in [2.75, 3.05) is 0 Å². The highest BCUT2D eigenvalue weighted by atomic mass is 79.9. The van der Waals surface area contributed by atoms with Gasteiger partial charge in [-0.25, -0.2) is 14.2 Å². The van der Waals surface area contributed by atoms with Crippen LogP contribution in [0.4, 0.5) is 4.39 Å². The summed E-state index contributed by atoms with van der Waals surface area (Å²) in [6, 6.07) is 4.77. The lowest BCUT2D eigenvalue weighted by Crippen LogP contribution is -2.29. The fourth-order valence-electron chi connectivity index (χ4n) is 2.15. The van der Waals surface area contributed by atoms with Crippen LogP contribution < -0.4 is 11.2 Å². The molecule has 6 nitrogen and oxygen atoms in total. The Balaban J connectivity index is 2.37. The van der Waals surface area contributed by atoms with Crippen LogP contribution in [-0.4, -0.2) is 19.5 Å². The van der Waals surface area contributed by atoms with Crippen LogP contribution >= 0.6 is 15.9 Å². The summed E-state index contributed by atoms with van der Waals surface area (Å²) in [5.41, 5.74) is -0.543. The van der Waals surface area contributed by atoms with E-state index in [2.05, 4.69) is 30.9 Å². The van der Waals surface area contributed by atoms with Gasteiger partial charge < -0.3 is 4.98 Å². The third-order valence-electron chi connectivity index (χ3n) is 3.16. The van der Waals surface area contributed by atoms with Crippen molar-refractivity contribution in [1.82, 2.24) is 19.5 Å². The number of nitrogens with one attached hydrogen (secondary N) is 2. The number of imidazole rings is 1. The SMILES string of the molecule is CCn1c(=O)[nH]c(=O)c2[nH]c(-c3cccc(Br)c3F)nc21. The fourth-order valence-corrected chi connectivity index (χ4v) is 2.51. The van der Waals surface area contributed by atoms with Gasteiger partial charge in [0.25, 0.3) is 5.56 Å². The Bertz CT molecular complexity index is 957. The van der Waals surface area contributed by atoms with Gasteiger partial charge in [0.15, 0.2) is 5.65 Å². The van der Waals surface area contributed by atoms with E-state index in [1.807, 2.05) is 0 Å². The topological polar surface area (TPSA) is 83.5 Å². The monoisotopic (exact) mass is 352 g/mol. The number of rotatable bonds is 2. The maximum atomic E-state index is 14.1. The second-order valence-corrected chi connectivity index (χ2v) is 5.24. The lowest BCUT2D eigenvalue weighted by molar-refractivity contribution is 0.623. The molecule has 2 heterocycles. The minimum Gasteiger partial charge on any atom is -0.332 e. The molecule has 0 amide bonds. The van der Waals surface area contributed by atoms with Gasteiger partial charge in [-0.15, -0.1) is 0 Å². The Hall–Kier alpha value is -2.22. The second-order valence-electron chi connectivity index (χ2n) is 4.39. The summed E-state index contributed by atoms with van der Waals surface area (Å²) in [6.07, 6.45) is 0. The molecule has 0 atom stereocenters. The summed E-state index contributed by atoms with van der Waals surface area (Å²) < 4.78 is 15.7. The Morgan fingerprint density at radius 3 is 2.81 bits per heavy atom. The van der Waals surface area contributed by atoms with E-state index < -0.39 is 17.1 Å². The summed E-state index contributed by atoms with van der Waals surface area (Å²) in [7, 11) is 0. The Kier molecular flexibility index (Phi) is 3.25. The molecule has 0 unspecified atom stereocenters. The summed E-state index contributed by atoms with van der Waals surface area (Å²) >= 11 is 3.10. The molecule has 0 radical (unpaired) electrons. The molecule has 0 aliphatic carbocycles. The zero-order chi connectivity index (χ0) is 15.1. The predicted molar refractivity (Wildman–Crippen MR) is 79.7 cm³/mol. The van der Waals surface area contributed by atoms with Crippen LogP contribution in [0.1, 0.15) is 6.92 Å². The number of H-pyrrole nitrogens is 2. The average molecular weight is 353 g/mol. The van der Waals surface area contributed by atoms with Gasteiger partial charge in [0, 0.05) is 6.54 Å². The van der Waals surface area contributed by atoms with Gasteiger partial charge in [0.05, 0.1) is 10.0 Å². The number of nitrogens with zero attached hydrogens (tertiary/aromatic N) is 2. The van der Waals surface area contributed by atoms with Gasteiger partial charge in [0.1, 0.15) is 17.2 Å². The largest absolute Gasteiger partial charge is 0.332 e. The van der Waals surface area contributed by atoms with Crippen molar-refractivity contribution in [2.45, 2.75) is 13.5 Å². The first-order valence-corrected chi connectivity index (χ1v) is 6.99. The summed E-state index contributed by atoms with van der Waals surface area (Å²) in [5, 5.41) is 0. The number of aromatic nitrogens is 4. The lowest BCUT2D eigenvalue weighted by atomic mass is 10.2. The average Bonchev–Trinajstić information content (AvgIpc) is 2.87. The van der Waals surface area contributed by atoms with E-state index in [-0.39, 0.29) is 22.6 Å².